The topological polar surface area (TPSA) is 107 Å². The molecule has 0 fully saturated rings. The number of hydrogen-bond acceptors (Lipinski definition) is 8. The Morgan fingerprint density at radius 3 is 2.68 bits per heavy atom. The number of aromatic amines is 1. The van der Waals surface area contributed by atoms with Crippen molar-refractivity contribution in [2.75, 3.05) is 19.1 Å². The van der Waals surface area contributed by atoms with E-state index in [4.69, 9.17) is 14.5 Å². The highest BCUT2D eigenvalue weighted by molar-refractivity contribution is 5.77. The van der Waals surface area contributed by atoms with E-state index < -0.39 is 5.82 Å². The fraction of sp³-hybridized carbons (Fsp3) is 0.174. The predicted molar refractivity (Wildman–Crippen MR) is 123 cm³/mol. The molecule has 5 aromatic rings. The van der Waals surface area contributed by atoms with E-state index in [0.717, 1.165) is 5.56 Å². The van der Waals surface area contributed by atoms with Gasteiger partial charge in [0.25, 0.3) is 0 Å². The highest BCUT2D eigenvalue weighted by atomic mass is 19.1. The van der Waals surface area contributed by atoms with Gasteiger partial charge in [-0.25, -0.2) is 19.3 Å². The van der Waals surface area contributed by atoms with Gasteiger partial charge in [0.2, 0.25) is 0 Å². The van der Waals surface area contributed by atoms with Crippen LogP contribution in [0.25, 0.3) is 22.4 Å². The number of nitrogens with zero attached hydrogens (tertiary/aromatic N) is 7. The fourth-order valence-electron chi connectivity index (χ4n) is 3.58. The van der Waals surface area contributed by atoms with Crippen molar-refractivity contribution in [2.24, 2.45) is 7.05 Å². The average Bonchev–Trinajstić information content (AvgIpc) is 3.54. The monoisotopic (exact) mass is 460 g/mol. The highest BCUT2D eigenvalue weighted by Gasteiger charge is 2.22. The molecule has 0 saturated heterocycles. The molecule has 0 unspecified atom stereocenters. The SMILES string of the molecule is COc1cc(OC)c(F)c(N(Cc2ncc[nH]2)c2ccc3ncc(-c4cnn(C)c4)nc3n2)c1. The van der Waals surface area contributed by atoms with Crippen LogP contribution >= 0.6 is 0 Å². The minimum atomic E-state index is -0.549. The molecular formula is C23H21FN8O2. The van der Waals surface area contributed by atoms with E-state index >= 15 is 4.39 Å². The van der Waals surface area contributed by atoms with Crippen LogP contribution in [0, 0.1) is 5.82 Å². The fourth-order valence-corrected chi connectivity index (χ4v) is 3.58. The van der Waals surface area contributed by atoms with Gasteiger partial charge >= 0.3 is 0 Å². The van der Waals surface area contributed by atoms with E-state index in [2.05, 4.69) is 25.0 Å². The van der Waals surface area contributed by atoms with Crippen LogP contribution in [0.4, 0.5) is 15.9 Å². The zero-order valence-corrected chi connectivity index (χ0v) is 18.7. The molecule has 0 aliphatic carbocycles. The normalized spacial score (nSPS) is 11.1. The van der Waals surface area contributed by atoms with Crippen LogP contribution in [0.3, 0.4) is 0 Å². The Bertz CT molecular complexity index is 1450. The first kappa shape index (κ1) is 21.3. The quantitative estimate of drug-likeness (QED) is 0.392. The first-order valence-corrected chi connectivity index (χ1v) is 10.4. The van der Waals surface area contributed by atoms with E-state index in [-0.39, 0.29) is 18.0 Å². The number of hydrogen-bond donors (Lipinski definition) is 1. The molecule has 10 nitrogen and oxygen atoms in total. The summed E-state index contributed by atoms with van der Waals surface area (Å²) in [6, 6.07) is 6.63. The molecule has 4 heterocycles. The third kappa shape index (κ3) is 3.98. The molecule has 0 aliphatic heterocycles. The van der Waals surface area contributed by atoms with Crippen LogP contribution in [-0.4, -0.2) is 48.9 Å². The van der Waals surface area contributed by atoms with Gasteiger partial charge in [-0.3, -0.25) is 9.67 Å². The third-order valence-corrected chi connectivity index (χ3v) is 5.27. The van der Waals surface area contributed by atoms with E-state index in [1.54, 1.807) is 52.6 Å². The lowest BCUT2D eigenvalue weighted by Gasteiger charge is -2.25. The number of anilines is 2. The lowest BCUT2D eigenvalue weighted by atomic mass is 10.2. The first-order chi connectivity index (χ1) is 16.6. The molecule has 34 heavy (non-hydrogen) atoms. The Hall–Kier alpha value is -4.54. The first-order valence-electron chi connectivity index (χ1n) is 10.4. The summed E-state index contributed by atoms with van der Waals surface area (Å²) in [5, 5.41) is 4.19. The van der Waals surface area contributed by atoms with Crippen LogP contribution < -0.4 is 14.4 Å². The number of aryl methyl sites for hydroxylation is 1. The molecule has 0 radical (unpaired) electrons. The van der Waals surface area contributed by atoms with Crippen molar-refractivity contribution in [3.05, 3.63) is 66.9 Å². The molecule has 0 spiro atoms. The maximum atomic E-state index is 15.4. The number of aromatic nitrogens is 7. The summed E-state index contributed by atoms with van der Waals surface area (Å²) in [6.45, 7) is 0.217. The van der Waals surface area contributed by atoms with Crippen LogP contribution in [0.2, 0.25) is 0 Å². The van der Waals surface area contributed by atoms with Gasteiger partial charge in [0.05, 0.1) is 44.5 Å². The molecule has 0 bridgehead atoms. The summed E-state index contributed by atoms with van der Waals surface area (Å²) >= 11 is 0. The summed E-state index contributed by atoms with van der Waals surface area (Å²) in [6.07, 6.45) is 8.57. The summed E-state index contributed by atoms with van der Waals surface area (Å²) in [7, 11) is 4.75. The molecule has 0 saturated carbocycles. The van der Waals surface area contributed by atoms with Gasteiger partial charge < -0.3 is 19.4 Å². The Labute approximate surface area is 194 Å². The van der Waals surface area contributed by atoms with E-state index in [9.17, 15) is 0 Å². The molecule has 1 aromatic carbocycles. The number of pyridine rings is 1. The van der Waals surface area contributed by atoms with Crippen LogP contribution in [0.15, 0.2) is 55.2 Å². The largest absolute Gasteiger partial charge is 0.497 e. The Kier molecular flexibility index (Phi) is 5.50. The van der Waals surface area contributed by atoms with Crippen LogP contribution in [-0.2, 0) is 13.6 Å². The van der Waals surface area contributed by atoms with Crippen molar-refractivity contribution < 1.29 is 13.9 Å². The molecular weight excluding hydrogens is 439 g/mol. The number of benzene rings is 1. The van der Waals surface area contributed by atoms with Crippen LogP contribution in [0.1, 0.15) is 5.82 Å². The van der Waals surface area contributed by atoms with Gasteiger partial charge in [0, 0.05) is 43.3 Å². The smallest absolute Gasteiger partial charge is 0.188 e. The maximum Gasteiger partial charge on any atom is 0.188 e. The molecule has 0 atom stereocenters. The number of nitrogens with one attached hydrogen (secondary N) is 1. The zero-order chi connectivity index (χ0) is 23.7. The molecule has 172 valence electrons. The predicted octanol–water partition coefficient (Wildman–Crippen LogP) is 3.64. The number of halogens is 1. The van der Waals surface area contributed by atoms with Crippen molar-refractivity contribution in [2.45, 2.75) is 6.54 Å². The van der Waals surface area contributed by atoms with Gasteiger partial charge in [-0.2, -0.15) is 5.10 Å². The number of fused-ring (bicyclic) bond motifs is 1. The molecule has 5 rings (SSSR count). The number of imidazole rings is 1. The van der Waals surface area contributed by atoms with Gasteiger partial charge in [-0.05, 0) is 12.1 Å². The Morgan fingerprint density at radius 1 is 1.09 bits per heavy atom. The van der Waals surface area contributed by atoms with Gasteiger partial charge in [0.15, 0.2) is 17.2 Å². The number of H-pyrrole nitrogens is 1. The lowest BCUT2D eigenvalue weighted by Crippen LogP contribution is -2.20. The summed E-state index contributed by atoms with van der Waals surface area (Å²) < 4.78 is 27.7. The molecule has 11 heteroatoms. The molecule has 4 aromatic heterocycles. The van der Waals surface area contributed by atoms with Crippen molar-refractivity contribution in [1.82, 2.24) is 34.7 Å². The van der Waals surface area contributed by atoms with Crippen LogP contribution in [0.5, 0.6) is 11.5 Å². The minimum absolute atomic E-state index is 0.0539. The Balaban J connectivity index is 1.65. The van der Waals surface area contributed by atoms with E-state index in [1.165, 1.54) is 20.3 Å². The van der Waals surface area contributed by atoms with Crippen molar-refractivity contribution >= 4 is 22.7 Å². The molecule has 1 N–H and O–H groups in total. The number of methoxy groups -OCH3 is 2. The minimum Gasteiger partial charge on any atom is -0.497 e. The second kappa shape index (κ2) is 8.77. The lowest BCUT2D eigenvalue weighted by molar-refractivity contribution is 0.374. The summed E-state index contributed by atoms with van der Waals surface area (Å²) in [5.74, 6) is 1.02. The summed E-state index contributed by atoms with van der Waals surface area (Å²) in [4.78, 5) is 22.9. The average molecular weight is 460 g/mol. The number of ether oxygens (including phenoxy) is 2. The van der Waals surface area contributed by atoms with Crippen molar-refractivity contribution in [1.29, 1.82) is 0 Å². The second-order valence-corrected chi connectivity index (χ2v) is 7.45. The van der Waals surface area contributed by atoms with E-state index in [1.807, 2.05) is 13.2 Å². The number of rotatable bonds is 7. The van der Waals surface area contributed by atoms with Crippen molar-refractivity contribution in [3.63, 3.8) is 0 Å². The van der Waals surface area contributed by atoms with Gasteiger partial charge in [0.1, 0.15) is 22.9 Å². The standard InChI is InChI=1S/C23H21FN8O2/c1-31-12-14(10-28-31)17-11-27-16-4-5-21(30-23(16)29-17)32(13-20-25-6-7-26-20)18-8-15(33-2)9-19(34-3)22(18)24/h4-12H,13H2,1-3H3,(H,25,26). The highest BCUT2D eigenvalue weighted by Crippen LogP contribution is 2.37. The van der Waals surface area contributed by atoms with Gasteiger partial charge in [-0.1, -0.05) is 0 Å². The zero-order valence-electron chi connectivity index (χ0n) is 18.7. The summed E-state index contributed by atoms with van der Waals surface area (Å²) in [5.41, 5.74) is 2.70. The third-order valence-electron chi connectivity index (χ3n) is 5.27. The second-order valence-electron chi connectivity index (χ2n) is 7.45. The molecule has 0 amide bonds. The molecule has 0 aliphatic rings. The van der Waals surface area contributed by atoms with Crippen molar-refractivity contribution in [3.8, 4) is 22.8 Å². The Morgan fingerprint density at radius 2 is 1.97 bits per heavy atom. The van der Waals surface area contributed by atoms with E-state index in [0.29, 0.717) is 34.2 Å². The maximum absolute atomic E-state index is 15.4. The van der Waals surface area contributed by atoms with Gasteiger partial charge in [-0.15, -0.1) is 0 Å².